The minimum atomic E-state index is -4.79. The molecule has 0 spiro atoms. The molecule has 0 saturated carbocycles. The highest BCUT2D eigenvalue weighted by Gasteiger charge is 2.35. The maximum absolute atomic E-state index is 14.1. The number of halogens is 4. The third-order valence-corrected chi connectivity index (χ3v) is 3.65. The second-order valence-electron chi connectivity index (χ2n) is 5.25. The lowest BCUT2D eigenvalue weighted by molar-refractivity contribution is -0.144. The predicted molar refractivity (Wildman–Crippen MR) is 80.3 cm³/mol. The van der Waals surface area contributed by atoms with E-state index in [0.717, 1.165) is 12.1 Å². The van der Waals surface area contributed by atoms with Crippen LogP contribution in [0.25, 0.3) is 33.3 Å². The zero-order valence-corrected chi connectivity index (χ0v) is 12.2. The molecule has 0 aliphatic rings. The molecule has 3 aromatic heterocycles. The Bertz CT molecular complexity index is 1160. The van der Waals surface area contributed by atoms with Gasteiger partial charge in [-0.2, -0.15) is 13.2 Å². The van der Waals surface area contributed by atoms with Crippen molar-refractivity contribution >= 4 is 22.0 Å². The molecule has 0 aliphatic carbocycles. The van der Waals surface area contributed by atoms with Gasteiger partial charge in [0.1, 0.15) is 22.6 Å². The highest BCUT2D eigenvalue weighted by atomic mass is 19.4. The molecule has 1 aromatic carbocycles. The molecule has 4 rings (SSSR count). The van der Waals surface area contributed by atoms with Gasteiger partial charge < -0.3 is 9.40 Å². The fourth-order valence-corrected chi connectivity index (χ4v) is 2.52. The molecule has 0 fully saturated rings. The van der Waals surface area contributed by atoms with Gasteiger partial charge in [-0.3, -0.25) is 9.78 Å². The van der Waals surface area contributed by atoms with E-state index >= 15 is 0 Å². The van der Waals surface area contributed by atoms with Gasteiger partial charge in [0.2, 0.25) is 5.82 Å². The molecular formula is C16H7F4N3O2. The number of hydrogen-bond acceptors (Lipinski definition) is 4. The number of aromatic nitrogens is 3. The van der Waals surface area contributed by atoms with E-state index in [4.69, 9.17) is 4.42 Å². The van der Waals surface area contributed by atoms with Gasteiger partial charge >= 0.3 is 6.18 Å². The Morgan fingerprint density at radius 3 is 2.52 bits per heavy atom. The molecule has 25 heavy (non-hydrogen) atoms. The summed E-state index contributed by atoms with van der Waals surface area (Å²) in [7, 11) is 0. The Labute approximate surface area is 135 Å². The molecule has 0 aliphatic heterocycles. The molecule has 9 heteroatoms. The first-order chi connectivity index (χ1) is 11.8. The third-order valence-electron chi connectivity index (χ3n) is 3.65. The Morgan fingerprint density at radius 1 is 1.12 bits per heavy atom. The molecule has 5 nitrogen and oxygen atoms in total. The first-order valence-corrected chi connectivity index (χ1v) is 6.98. The van der Waals surface area contributed by atoms with Gasteiger partial charge in [0.25, 0.3) is 0 Å². The van der Waals surface area contributed by atoms with E-state index in [-0.39, 0.29) is 16.7 Å². The largest absolute Gasteiger partial charge is 0.453 e. The Kier molecular flexibility index (Phi) is 3.14. The molecule has 0 radical (unpaired) electrons. The van der Waals surface area contributed by atoms with Crippen LogP contribution in [0.2, 0.25) is 0 Å². The van der Waals surface area contributed by atoms with Gasteiger partial charge in [-0.1, -0.05) is 0 Å². The minimum absolute atomic E-state index is 0.115. The van der Waals surface area contributed by atoms with Gasteiger partial charge in [0, 0.05) is 24.0 Å². The van der Waals surface area contributed by atoms with Crippen LogP contribution in [-0.2, 0) is 6.18 Å². The van der Waals surface area contributed by atoms with Gasteiger partial charge in [0.05, 0.1) is 5.39 Å². The fraction of sp³-hybridized carbons (Fsp3) is 0.0625. The van der Waals surface area contributed by atoms with Crippen molar-refractivity contribution in [1.29, 1.82) is 0 Å². The van der Waals surface area contributed by atoms with Crippen LogP contribution in [0.5, 0.6) is 0 Å². The number of pyridine rings is 1. The van der Waals surface area contributed by atoms with Crippen molar-refractivity contribution in [3.8, 4) is 11.3 Å². The predicted octanol–water partition coefficient (Wildman–Crippen LogP) is 3.89. The summed E-state index contributed by atoms with van der Waals surface area (Å²) in [5.41, 5.74) is -1.18. The van der Waals surface area contributed by atoms with Crippen LogP contribution in [0.3, 0.4) is 0 Å². The average molecular weight is 349 g/mol. The van der Waals surface area contributed by atoms with E-state index in [2.05, 4.69) is 9.97 Å². The Balaban J connectivity index is 2.10. The summed E-state index contributed by atoms with van der Waals surface area (Å²) in [5, 5.41) is -0.192. The molecule has 1 N–H and O–H groups in total. The molecule has 0 unspecified atom stereocenters. The van der Waals surface area contributed by atoms with Crippen LogP contribution >= 0.6 is 0 Å². The molecule has 0 saturated heterocycles. The summed E-state index contributed by atoms with van der Waals surface area (Å²) in [6, 6.07) is 5.10. The Morgan fingerprint density at radius 2 is 1.84 bits per heavy atom. The maximum atomic E-state index is 14.1. The Hall–Kier alpha value is -3.23. The van der Waals surface area contributed by atoms with E-state index in [1.54, 1.807) is 12.1 Å². The van der Waals surface area contributed by atoms with E-state index in [1.807, 2.05) is 4.98 Å². The number of H-pyrrole nitrogens is 1. The lowest BCUT2D eigenvalue weighted by Gasteiger charge is -2.04. The average Bonchev–Trinajstić information content (AvgIpc) is 3.03. The quantitative estimate of drug-likeness (QED) is 0.529. The number of nitrogens with zero attached hydrogens (tertiary/aromatic N) is 2. The third kappa shape index (κ3) is 2.44. The van der Waals surface area contributed by atoms with Crippen LogP contribution in [0.15, 0.2) is 45.9 Å². The molecule has 0 atom stereocenters. The standard InChI is InChI=1S/C16H7F4N3O2/c17-9-5-8-10(24)6-11(7-1-3-21-4-2-7)25-14(8)13-12(9)22-15(23-13)16(18,19)20/h1-6H,(H,22,23). The van der Waals surface area contributed by atoms with Crippen LogP contribution in [0.4, 0.5) is 17.6 Å². The number of benzene rings is 1. The van der Waals surface area contributed by atoms with Crippen LogP contribution in [0.1, 0.15) is 5.82 Å². The molecular weight excluding hydrogens is 342 g/mol. The van der Waals surface area contributed by atoms with Crippen LogP contribution in [0, 0.1) is 5.82 Å². The number of rotatable bonds is 1. The SMILES string of the molecule is O=c1cc(-c2ccncc2)oc2c1cc(F)c1[nH]c(C(F)(F)F)nc12. The van der Waals surface area contributed by atoms with Crippen molar-refractivity contribution in [2.45, 2.75) is 6.18 Å². The summed E-state index contributed by atoms with van der Waals surface area (Å²) in [4.78, 5) is 21.4. The van der Waals surface area contributed by atoms with Crippen molar-refractivity contribution in [2.24, 2.45) is 0 Å². The van der Waals surface area contributed by atoms with Crippen molar-refractivity contribution in [3.63, 3.8) is 0 Å². The summed E-state index contributed by atoms with van der Waals surface area (Å²) >= 11 is 0. The zero-order valence-electron chi connectivity index (χ0n) is 12.2. The minimum Gasteiger partial charge on any atom is -0.453 e. The number of hydrogen-bond donors (Lipinski definition) is 1. The molecule has 126 valence electrons. The summed E-state index contributed by atoms with van der Waals surface area (Å²) in [5.74, 6) is -2.27. The first-order valence-electron chi connectivity index (χ1n) is 6.98. The van der Waals surface area contributed by atoms with E-state index in [9.17, 15) is 22.4 Å². The van der Waals surface area contributed by atoms with E-state index in [1.165, 1.54) is 12.4 Å². The van der Waals surface area contributed by atoms with Crippen molar-refractivity contribution in [1.82, 2.24) is 15.0 Å². The number of imidazole rings is 1. The van der Waals surface area contributed by atoms with Gasteiger partial charge in [-0.05, 0) is 18.2 Å². The van der Waals surface area contributed by atoms with E-state index in [0.29, 0.717) is 5.56 Å². The highest BCUT2D eigenvalue weighted by molar-refractivity contribution is 6.01. The number of fused-ring (bicyclic) bond motifs is 3. The number of aromatic amines is 1. The number of nitrogens with one attached hydrogen (secondary N) is 1. The maximum Gasteiger partial charge on any atom is 0.449 e. The smallest absolute Gasteiger partial charge is 0.449 e. The molecule has 4 aromatic rings. The zero-order chi connectivity index (χ0) is 17.8. The highest BCUT2D eigenvalue weighted by Crippen LogP contribution is 2.33. The van der Waals surface area contributed by atoms with Gasteiger partial charge in [-0.25, -0.2) is 9.37 Å². The van der Waals surface area contributed by atoms with Crippen LogP contribution in [-0.4, -0.2) is 15.0 Å². The van der Waals surface area contributed by atoms with Crippen molar-refractivity contribution in [2.75, 3.05) is 0 Å². The van der Waals surface area contributed by atoms with Crippen molar-refractivity contribution < 1.29 is 22.0 Å². The topological polar surface area (TPSA) is 71.8 Å². The fourth-order valence-electron chi connectivity index (χ4n) is 2.52. The summed E-state index contributed by atoms with van der Waals surface area (Å²) in [6.45, 7) is 0. The number of alkyl halides is 3. The van der Waals surface area contributed by atoms with Gasteiger partial charge in [-0.15, -0.1) is 0 Å². The normalized spacial score (nSPS) is 12.2. The first kappa shape index (κ1) is 15.3. The monoisotopic (exact) mass is 349 g/mol. The lowest BCUT2D eigenvalue weighted by Crippen LogP contribution is -2.06. The van der Waals surface area contributed by atoms with Crippen LogP contribution < -0.4 is 5.43 Å². The second-order valence-corrected chi connectivity index (χ2v) is 5.25. The lowest BCUT2D eigenvalue weighted by atomic mass is 10.1. The summed E-state index contributed by atoms with van der Waals surface area (Å²) in [6.07, 6.45) is -1.85. The molecule has 0 bridgehead atoms. The summed E-state index contributed by atoms with van der Waals surface area (Å²) < 4.78 is 58.3. The van der Waals surface area contributed by atoms with Crippen molar-refractivity contribution in [3.05, 3.63) is 58.5 Å². The second kappa shape index (κ2) is 5.13. The molecule has 0 amide bonds. The van der Waals surface area contributed by atoms with E-state index < -0.39 is 34.3 Å². The molecule has 3 heterocycles. The van der Waals surface area contributed by atoms with Gasteiger partial charge in [0.15, 0.2) is 11.0 Å².